The van der Waals surface area contributed by atoms with E-state index in [1.165, 1.54) is 6.07 Å². The lowest BCUT2D eigenvalue weighted by Gasteiger charge is -2.32. The van der Waals surface area contributed by atoms with Gasteiger partial charge in [-0.3, -0.25) is 0 Å². The van der Waals surface area contributed by atoms with E-state index in [1.54, 1.807) is 18.4 Å². The number of rotatable bonds is 2. The molecule has 0 heterocycles. The van der Waals surface area contributed by atoms with Crippen LogP contribution in [-0.4, -0.2) is 5.71 Å². The molecule has 104 valence electrons. The van der Waals surface area contributed by atoms with Gasteiger partial charge in [0, 0.05) is 5.56 Å². The van der Waals surface area contributed by atoms with Gasteiger partial charge < -0.3 is 10.7 Å². The third kappa shape index (κ3) is 2.57. The average Bonchev–Trinajstić information content (AvgIpc) is 2.41. The van der Waals surface area contributed by atoms with Gasteiger partial charge in [0.2, 0.25) is 0 Å². The summed E-state index contributed by atoms with van der Waals surface area (Å²) in [5, 5.41) is 11.3. The lowest BCUT2D eigenvalue weighted by atomic mass is 9.83. The molecular weight excluding hydrogens is 251 g/mol. The smallest absolute Gasteiger partial charge is 0.133 e. The van der Waals surface area contributed by atoms with Crippen molar-refractivity contribution in [1.29, 1.82) is 5.41 Å². The van der Waals surface area contributed by atoms with Gasteiger partial charge in [-0.05, 0) is 49.7 Å². The molecule has 1 aliphatic carbocycles. The van der Waals surface area contributed by atoms with E-state index in [9.17, 15) is 4.39 Å². The lowest BCUT2D eigenvalue weighted by molar-refractivity contribution is 0.420. The van der Waals surface area contributed by atoms with Crippen molar-refractivity contribution in [1.82, 2.24) is 5.32 Å². The van der Waals surface area contributed by atoms with Gasteiger partial charge >= 0.3 is 0 Å². The number of nitrogens with one attached hydrogen (secondary N) is 2. The number of hydrogen-bond donors (Lipinski definition) is 2. The highest BCUT2D eigenvalue weighted by atomic mass is 19.1. The Morgan fingerprint density at radius 3 is 2.85 bits per heavy atom. The monoisotopic (exact) mass is 270 g/mol. The van der Waals surface area contributed by atoms with Gasteiger partial charge in [-0.1, -0.05) is 30.9 Å². The van der Waals surface area contributed by atoms with Crippen LogP contribution in [0, 0.1) is 18.2 Å². The highest BCUT2D eigenvalue weighted by Gasteiger charge is 2.29. The third-order valence-electron chi connectivity index (χ3n) is 3.56. The fourth-order valence-electron chi connectivity index (χ4n) is 2.54. The molecule has 0 aromatic heterocycles. The van der Waals surface area contributed by atoms with E-state index in [1.807, 2.05) is 32.1 Å². The van der Waals surface area contributed by atoms with Crippen LogP contribution >= 0.6 is 0 Å². The molecule has 1 aromatic rings. The molecule has 1 atom stereocenters. The molecule has 0 amide bonds. The van der Waals surface area contributed by atoms with Crippen molar-refractivity contribution in [2.75, 3.05) is 0 Å². The van der Waals surface area contributed by atoms with Crippen LogP contribution in [0.1, 0.15) is 30.0 Å². The zero-order valence-corrected chi connectivity index (χ0v) is 11.8. The van der Waals surface area contributed by atoms with E-state index < -0.39 is 5.54 Å². The van der Waals surface area contributed by atoms with Crippen LogP contribution in [0.5, 0.6) is 0 Å². The van der Waals surface area contributed by atoms with Crippen molar-refractivity contribution in [3.05, 3.63) is 71.7 Å². The Morgan fingerprint density at radius 1 is 1.40 bits per heavy atom. The van der Waals surface area contributed by atoms with Crippen LogP contribution < -0.4 is 5.32 Å². The lowest BCUT2D eigenvalue weighted by Crippen LogP contribution is -2.37. The largest absolute Gasteiger partial charge is 0.382 e. The number of benzene rings is 1. The van der Waals surface area contributed by atoms with Gasteiger partial charge in [0.15, 0.2) is 0 Å². The maximum absolute atomic E-state index is 14.4. The van der Waals surface area contributed by atoms with Gasteiger partial charge in [-0.15, -0.1) is 0 Å². The number of allylic oxidation sites excluding steroid dienone is 3. The minimum Gasteiger partial charge on any atom is -0.382 e. The summed E-state index contributed by atoms with van der Waals surface area (Å²) in [6.45, 7) is 7.57. The van der Waals surface area contributed by atoms with Crippen molar-refractivity contribution in [3.8, 4) is 0 Å². The van der Waals surface area contributed by atoms with E-state index in [4.69, 9.17) is 5.41 Å². The zero-order valence-electron chi connectivity index (χ0n) is 11.8. The number of aryl methyl sites for hydroxylation is 1. The molecule has 1 aromatic carbocycles. The van der Waals surface area contributed by atoms with Crippen molar-refractivity contribution >= 4 is 5.71 Å². The molecule has 0 bridgehead atoms. The second kappa shape index (κ2) is 5.45. The van der Waals surface area contributed by atoms with Crippen molar-refractivity contribution < 1.29 is 4.39 Å². The molecule has 0 radical (unpaired) electrons. The van der Waals surface area contributed by atoms with Crippen molar-refractivity contribution in [2.24, 2.45) is 0 Å². The minimum atomic E-state index is -0.487. The summed E-state index contributed by atoms with van der Waals surface area (Å²) in [5.41, 5.74) is 1.68. The predicted molar refractivity (Wildman–Crippen MR) is 81.5 cm³/mol. The summed E-state index contributed by atoms with van der Waals surface area (Å²) in [6.07, 6.45) is 9.58. The Hall–Kier alpha value is -2.16. The molecule has 0 saturated heterocycles. The fraction of sp³-hybridized carbons (Fsp3) is 0.235. The fourth-order valence-corrected chi connectivity index (χ4v) is 2.54. The topological polar surface area (TPSA) is 35.9 Å². The number of halogens is 1. The summed E-state index contributed by atoms with van der Waals surface area (Å²) >= 11 is 0. The maximum atomic E-state index is 14.4. The predicted octanol–water partition coefficient (Wildman–Crippen LogP) is 3.97. The standard InChI is InChI=1S/C17H19FN2/c1-4-20-17(3)9-7-5-6-8-15(19)16-13(17)10-12(2)11-14(16)18/h4-8,10-11,19-20H,1,9H2,2-3H3/b7-5-,8-6-,19-15?/t17-/m1/s1. The van der Waals surface area contributed by atoms with Crippen LogP contribution in [0.4, 0.5) is 4.39 Å². The van der Waals surface area contributed by atoms with Gasteiger partial charge in [0.1, 0.15) is 5.82 Å². The maximum Gasteiger partial charge on any atom is 0.133 e. The van der Waals surface area contributed by atoms with Crippen LogP contribution in [0.2, 0.25) is 0 Å². The summed E-state index contributed by atoms with van der Waals surface area (Å²) in [4.78, 5) is 0. The van der Waals surface area contributed by atoms with E-state index in [0.717, 1.165) is 11.1 Å². The Labute approximate surface area is 119 Å². The first-order valence-corrected chi connectivity index (χ1v) is 6.59. The SMILES string of the molecule is C=CN[C@]1(C)C/C=C\C=C/C(=N)c2c(F)cc(C)cc21. The summed E-state index contributed by atoms with van der Waals surface area (Å²) < 4.78 is 14.4. The molecule has 2 rings (SSSR count). The normalized spacial score (nSPS) is 24.9. The molecule has 2 N–H and O–H groups in total. The van der Waals surface area contributed by atoms with Crippen LogP contribution in [0.25, 0.3) is 0 Å². The summed E-state index contributed by atoms with van der Waals surface area (Å²) in [7, 11) is 0. The molecule has 0 aliphatic heterocycles. The quantitative estimate of drug-likeness (QED) is 0.838. The highest BCUT2D eigenvalue weighted by molar-refractivity contribution is 6.08. The van der Waals surface area contributed by atoms with Gasteiger partial charge in [0.25, 0.3) is 0 Å². The van der Waals surface area contributed by atoms with Crippen molar-refractivity contribution in [2.45, 2.75) is 25.8 Å². The molecule has 0 fully saturated rings. The average molecular weight is 270 g/mol. The van der Waals surface area contributed by atoms with Gasteiger partial charge in [0.05, 0.1) is 11.3 Å². The molecule has 0 spiro atoms. The van der Waals surface area contributed by atoms with Gasteiger partial charge in [-0.2, -0.15) is 0 Å². The zero-order chi connectivity index (χ0) is 14.8. The van der Waals surface area contributed by atoms with Gasteiger partial charge in [-0.25, -0.2) is 4.39 Å². The molecule has 3 heteroatoms. The number of fused-ring (bicyclic) bond motifs is 1. The van der Waals surface area contributed by atoms with Crippen molar-refractivity contribution in [3.63, 3.8) is 0 Å². The molecule has 20 heavy (non-hydrogen) atoms. The molecule has 2 nitrogen and oxygen atoms in total. The van der Waals surface area contributed by atoms with E-state index >= 15 is 0 Å². The van der Waals surface area contributed by atoms with Crippen LogP contribution in [0.15, 0.2) is 49.2 Å². The van der Waals surface area contributed by atoms with E-state index in [2.05, 4.69) is 11.9 Å². The Kier molecular flexibility index (Phi) is 3.89. The molecule has 0 unspecified atom stereocenters. The molecular formula is C17H19FN2. The second-order valence-electron chi connectivity index (χ2n) is 5.25. The highest BCUT2D eigenvalue weighted by Crippen LogP contribution is 2.32. The van der Waals surface area contributed by atoms with Crippen LogP contribution in [0.3, 0.4) is 0 Å². The Morgan fingerprint density at radius 2 is 2.15 bits per heavy atom. The van der Waals surface area contributed by atoms with E-state index in [-0.39, 0.29) is 11.5 Å². The first-order chi connectivity index (χ1) is 9.48. The third-order valence-corrected chi connectivity index (χ3v) is 3.56. The first kappa shape index (κ1) is 14.3. The Balaban J connectivity index is 2.75. The molecule has 0 saturated carbocycles. The minimum absolute atomic E-state index is 0.182. The summed E-state index contributed by atoms with van der Waals surface area (Å²) in [6, 6.07) is 3.41. The second-order valence-corrected chi connectivity index (χ2v) is 5.25. The van der Waals surface area contributed by atoms with E-state index in [0.29, 0.717) is 12.0 Å². The number of hydrogen-bond acceptors (Lipinski definition) is 2. The molecule has 1 aliphatic rings. The van der Waals surface area contributed by atoms with Crippen LogP contribution in [-0.2, 0) is 5.54 Å². The Bertz CT molecular complexity index is 614. The summed E-state index contributed by atoms with van der Waals surface area (Å²) in [5.74, 6) is -0.353. The first-order valence-electron chi connectivity index (χ1n) is 6.59.